The van der Waals surface area contributed by atoms with Crippen molar-refractivity contribution in [2.45, 2.75) is 43.5 Å². The highest BCUT2D eigenvalue weighted by molar-refractivity contribution is 7.99. The Labute approximate surface area is 165 Å². The van der Waals surface area contributed by atoms with Gasteiger partial charge < -0.3 is 15.7 Å². The number of para-hydroxylation sites is 1. The molecule has 0 saturated carbocycles. The van der Waals surface area contributed by atoms with E-state index in [9.17, 15) is 23.1 Å². The van der Waals surface area contributed by atoms with Crippen LogP contribution in [-0.4, -0.2) is 39.3 Å². The molecule has 0 unspecified atom stereocenters. The number of aliphatic hydroxyl groups is 1. The van der Waals surface area contributed by atoms with E-state index in [-0.39, 0.29) is 18.3 Å². The first kappa shape index (κ1) is 22.1. The van der Waals surface area contributed by atoms with E-state index < -0.39 is 18.0 Å². The Balaban J connectivity index is 1.88. The van der Waals surface area contributed by atoms with Gasteiger partial charge in [-0.05, 0) is 24.6 Å². The largest absolute Gasteiger partial charge is 0.435 e. The number of anilines is 1. The molecule has 0 aliphatic carbocycles. The summed E-state index contributed by atoms with van der Waals surface area (Å²) in [4.78, 5) is 12.7. The Bertz CT molecular complexity index is 767. The monoisotopic (exact) mass is 416 g/mol. The van der Waals surface area contributed by atoms with E-state index in [0.29, 0.717) is 12.2 Å². The number of benzene rings is 1. The van der Waals surface area contributed by atoms with Crippen molar-refractivity contribution in [2.24, 2.45) is 0 Å². The lowest BCUT2D eigenvalue weighted by atomic mass is 10.3. The lowest BCUT2D eigenvalue weighted by Crippen LogP contribution is -2.29. The second-order valence-electron chi connectivity index (χ2n) is 6.12. The van der Waals surface area contributed by atoms with E-state index in [0.717, 1.165) is 28.5 Å². The van der Waals surface area contributed by atoms with E-state index in [1.165, 1.54) is 18.0 Å². The fraction of sp³-hybridized carbons (Fsp3) is 0.444. The molecule has 0 radical (unpaired) electrons. The van der Waals surface area contributed by atoms with Crippen LogP contribution in [0.2, 0.25) is 0 Å². The summed E-state index contributed by atoms with van der Waals surface area (Å²) in [6.07, 6.45) is -2.36. The molecule has 0 fully saturated rings. The summed E-state index contributed by atoms with van der Waals surface area (Å²) in [5.41, 5.74) is -0.386. The molecule has 1 aromatic heterocycles. The molecule has 1 atom stereocenters. The van der Waals surface area contributed by atoms with Crippen molar-refractivity contribution >= 4 is 23.5 Å². The minimum absolute atomic E-state index is 0.0593. The number of hydrogen-bond donors (Lipinski definition) is 3. The molecular formula is C18H23F3N4O2S. The molecule has 0 saturated heterocycles. The van der Waals surface area contributed by atoms with Crippen LogP contribution in [0.4, 0.5) is 23.7 Å². The maximum Gasteiger partial charge on any atom is 0.435 e. The smallest absolute Gasteiger partial charge is 0.390 e. The van der Waals surface area contributed by atoms with Gasteiger partial charge in [-0.2, -0.15) is 18.3 Å². The number of nitrogens with one attached hydrogen (secondary N) is 2. The van der Waals surface area contributed by atoms with Crippen molar-refractivity contribution in [1.29, 1.82) is 0 Å². The molecule has 154 valence electrons. The molecule has 0 bridgehead atoms. The highest BCUT2D eigenvalue weighted by atomic mass is 32.2. The number of urea groups is 1. The maximum absolute atomic E-state index is 12.6. The van der Waals surface area contributed by atoms with Gasteiger partial charge in [-0.15, -0.1) is 11.8 Å². The molecule has 0 aliphatic heterocycles. The maximum atomic E-state index is 12.6. The summed E-state index contributed by atoms with van der Waals surface area (Å²) in [6.45, 7) is 2.56. The van der Waals surface area contributed by atoms with Crippen LogP contribution >= 0.6 is 11.8 Å². The number of unbranched alkanes of at least 4 members (excludes halogenated alkanes) is 1. The van der Waals surface area contributed by atoms with E-state index in [2.05, 4.69) is 15.7 Å². The number of aromatic nitrogens is 2. The first-order valence-corrected chi connectivity index (χ1v) is 9.83. The number of amides is 2. The Kier molecular flexibility index (Phi) is 8.18. The lowest BCUT2D eigenvalue weighted by Gasteiger charge is -2.14. The molecule has 28 heavy (non-hydrogen) atoms. The molecule has 0 aliphatic rings. The second kappa shape index (κ2) is 10.4. The number of halogens is 3. The third-order valence-electron chi connectivity index (χ3n) is 3.71. The van der Waals surface area contributed by atoms with Gasteiger partial charge in [0.15, 0.2) is 5.69 Å². The standard InChI is InChI=1S/C18H23F3N4O2S/c1-2-3-9-22-17(27)23-14-6-4-5-7-15(14)28-12-13(26)11-25-10-8-16(24-25)18(19,20)21/h4-8,10,13,26H,2-3,9,11-12H2,1H3,(H2,22,23,27)/t13-/m0/s1. The molecule has 1 aromatic carbocycles. The highest BCUT2D eigenvalue weighted by Gasteiger charge is 2.33. The summed E-state index contributed by atoms with van der Waals surface area (Å²) < 4.78 is 38.8. The molecule has 2 rings (SSSR count). The van der Waals surface area contributed by atoms with Gasteiger partial charge in [0, 0.05) is 23.4 Å². The van der Waals surface area contributed by atoms with Gasteiger partial charge in [-0.3, -0.25) is 4.68 Å². The number of hydrogen-bond acceptors (Lipinski definition) is 4. The quantitative estimate of drug-likeness (QED) is 0.427. The first-order chi connectivity index (χ1) is 13.3. The predicted octanol–water partition coefficient (Wildman–Crippen LogP) is 3.98. The fourth-order valence-electron chi connectivity index (χ4n) is 2.31. The zero-order valence-electron chi connectivity index (χ0n) is 15.4. The van der Waals surface area contributed by atoms with E-state index >= 15 is 0 Å². The van der Waals surface area contributed by atoms with E-state index in [1.54, 1.807) is 24.3 Å². The second-order valence-corrected chi connectivity index (χ2v) is 7.18. The number of alkyl halides is 3. The summed E-state index contributed by atoms with van der Waals surface area (Å²) in [7, 11) is 0. The van der Waals surface area contributed by atoms with Crippen LogP contribution in [0, 0.1) is 0 Å². The summed E-state index contributed by atoms with van der Waals surface area (Å²) >= 11 is 1.30. The summed E-state index contributed by atoms with van der Waals surface area (Å²) in [5, 5.41) is 19.1. The van der Waals surface area contributed by atoms with Crippen molar-refractivity contribution in [3.05, 3.63) is 42.2 Å². The number of aliphatic hydroxyl groups excluding tert-OH is 1. The number of rotatable bonds is 9. The van der Waals surface area contributed by atoms with Crippen LogP contribution in [0.15, 0.2) is 41.4 Å². The number of thioether (sulfide) groups is 1. The Morgan fingerprint density at radius 3 is 2.75 bits per heavy atom. The summed E-state index contributed by atoms with van der Waals surface area (Å²) in [5.74, 6) is 0.233. The van der Waals surface area contributed by atoms with Crippen LogP contribution in [-0.2, 0) is 12.7 Å². The molecule has 1 heterocycles. The van der Waals surface area contributed by atoms with Crippen LogP contribution in [0.5, 0.6) is 0 Å². The van der Waals surface area contributed by atoms with Crippen LogP contribution < -0.4 is 10.6 Å². The summed E-state index contributed by atoms with van der Waals surface area (Å²) in [6, 6.07) is 7.70. The molecule has 10 heteroatoms. The van der Waals surface area contributed by atoms with Gasteiger partial charge in [-0.1, -0.05) is 25.5 Å². The van der Waals surface area contributed by atoms with Gasteiger partial charge in [0.05, 0.1) is 18.3 Å². The minimum atomic E-state index is -4.51. The zero-order chi connectivity index (χ0) is 20.6. The Hall–Kier alpha value is -2.20. The molecular weight excluding hydrogens is 393 g/mol. The van der Waals surface area contributed by atoms with Gasteiger partial charge in [0.2, 0.25) is 0 Å². The minimum Gasteiger partial charge on any atom is -0.390 e. The van der Waals surface area contributed by atoms with Crippen molar-refractivity contribution in [3.63, 3.8) is 0 Å². The normalized spacial score (nSPS) is 12.6. The van der Waals surface area contributed by atoms with E-state index in [4.69, 9.17) is 0 Å². The number of carbonyl (C=O) groups is 1. The number of carbonyl (C=O) groups excluding carboxylic acids is 1. The third-order valence-corrected chi connectivity index (χ3v) is 4.93. The average Bonchev–Trinajstić information content (AvgIpc) is 3.10. The predicted molar refractivity (Wildman–Crippen MR) is 102 cm³/mol. The molecule has 3 N–H and O–H groups in total. The van der Waals surface area contributed by atoms with Crippen LogP contribution in [0.3, 0.4) is 0 Å². The van der Waals surface area contributed by atoms with Crippen LogP contribution in [0.25, 0.3) is 0 Å². The van der Waals surface area contributed by atoms with Crippen molar-refractivity contribution in [1.82, 2.24) is 15.1 Å². The van der Waals surface area contributed by atoms with Crippen molar-refractivity contribution < 1.29 is 23.1 Å². The lowest BCUT2D eigenvalue weighted by molar-refractivity contribution is -0.141. The zero-order valence-corrected chi connectivity index (χ0v) is 16.2. The SMILES string of the molecule is CCCCNC(=O)Nc1ccccc1SC[C@@H](O)Cn1ccc(C(F)(F)F)n1. The topological polar surface area (TPSA) is 79.2 Å². The molecule has 2 aromatic rings. The van der Waals surface area contributed by atoms with E-state index in [1.807, 2.05) is 6.92 Å². The molecule has 0 spiro atoms. The van der Waals surface area contributed by atoms with Gasteiger partial charge in [0.25, 0.3) is 0 Å². The van der Waals surface area contributed by atoms with Gasteiger partial charge in [0.1, 0.15) is 0 Å². The number of nitrogens with zero attached hydrogens (tertiary/aromatic N) is 2. The fourth-order valence-corrected chi connectivity index (χ4v) is 3.24. The molecule has 2 amide bonds. The first-order valence-electron chi connectivity index (χ1n) is 8.85. The van der Waals surface area contributed by atoms with Crippen LogP contribution in [0.1, 0.15) is 25.5 Å². The van der Waals surface area contributed by atoms with Crippen molar-refractivity contribution in [3.8, 4) is 0 Å². The van der Waals surface area contributed by atoms with Gasteiger partial charge >= 0.3 is 12.2 Å². The Morgan fingerprint density at radius 2 is 2.07 bits per heavy atom. The molecule has 6 nitrogen and oxygen atoms in total. The third kappa shape index (κ3) is 7.08. The Morgan fingerprint density at radius 1 is 1.32 bits per heavy atom. The highest BCUT2D eigenvalue weighted by Crippen LogP contribution is 2.29. The van der Waals surface area contributed by atoms with Gasteiger partial charge in [-0.25, -0.2) is 4.79 Å². The van der Waals surface area contributed by atoms with Crippen molar-refractivity contribution in [2.75, 3.05) is 17.6 Å². The average molecular weight is 416 g/mol.